The molecule has 2 aromatic rings. The van der Waals surface area contributed by atoms with Crippen LogP contribution in [0.25, 0.3) is 11.0 Å². The van der Waals surface area contributed by atoms with E-state index < -0.39 is 0 Å². The van der Waals surface area contributed by atoms with Gasteiger partial charge in [-0.25, -0.2) is 4.98 Å². The van der Waals surface area contributed by atoms with Crippen molar-refractivity contribution < 1.29 is 0 Å². The quantitative estimate of drug-likeness (QED) is 0.710. The molecular formula is C14H22N2. The molecule has 0 bridgehead atoms. The molecule has 0 aliphatic rings. The van der Waals surface area contributed by atoms with Gasteiger partial charge in [-0.1, -0.05) is 27.2 Å². The Morgan fingerprint density at radius 3 is 2.44 bits per heavy atom. The molecule has 2 heterocycles. The van der Waals surface area contributed by atoms with E-state index in [4.69, 9.17) is 0 Å². The van der Waals surface area contributed by atoms with Crippen LogP contribution in [0, 0.1) is 6.92 Å². The van der Waals surface area contributed by atoms with E-state index >= 15 is 0 Å². The summed E-state index contributed by atoms with van der Waals surface area (Å²) in [7, 11) is 2.04. The lowest BCUT2D eigenvalue weighted by Gasteiger charge is -1.97. The number of hydrogen-bond acceptors (Lipinski definition) is 1. The smallest absolute Gasteiger partial charge is 0.139 e. The zero-order chi connectivity index (χ0) is 12.1. The van der Waals surface area contributed by atoms with Crippen LogP contribution >= 0.6 is 0 Å². The highest BCUT2D eigenvalue weighted by Gasteiger charge is 2.03. The molecule has 0 spiro atoms. The first kappa shape index (κ1) is 12.8. The lowest BCUT2D eigenvalue weighted by molar-refractivity contribution is 0.942. The van der Waals surface area contributed by atoms with Crippen molar-refractivity contribution in [3.8, 4) is 0 Å². The van der Waals surface area contributed by atoms with Gasteiger partial charge in [-0.15, -0.1) is 0 Å². The number of aromatic nitrogens is 2. The lowest BCUT2D eigenvalue weighted by Crippen LogP contribution is -1.88. The normalized spacial score (nSPS) is 10.1. The molecule has 0 fully saturated rings. The Morgan fingerprint density at radius 2 is 1.88 bits per heavy atom. The molecule has 16 heavy (non-hydrogen) atoms. The van der Waals surface area contributed by atoms with E-state index in [2.05, 4.69) is 49.5 Å². The summed E-state index contributed by atoms with van der Waals surface area (Å²) in [6, 6.07) is 2.23. The molecule has 2 heteroatoms. The van der Waals surface area contributed by atoms with Crippen molar-refractivity contribution in [2.24, 2.45) is 7.05 Å². The predicted molar refractivity (Wildman–Crippen MR) is 70.8 cm³/mol. The van der Waals surface area contributed by atoms with Crippen LogP contribution in [0.15, 0.2) is 18.5 Å². The molecule has 0 saturated heterocycles. The van der Waals surface area contributed by atoms with Crippen LogP contribution in [0.3, 0.4) is 0 Å². The highest BCUT2D eigenvalue weighted by Crippen LogP contribution is 2.18. The fourth-order valence-corrected chi connectivity index (χ4v) is 1.69. The molecule has 0 radical (unpaired) electrons. The summed E-state index contributed by atoms with van der Waals surface area (Å²) in [5, 5.41) is 1.28. The summed E-state index contributed by atoms with van der Waals surface area (Å²) in [4.78, 5) is 4.44. The SMILES string of the molecule is CCC.CCc1cnc2c(c1)c(C)cn2C. The summed E-state index contributed by atoms with van der Waals surface area (Å²) in [6.45, 7) is 8.53. The van der Waals surface area contributed by atoms with Gasteiger partial charge in [-0.05, 0) is 30.5 Å². The second-order valence-electron chi connectivity index (χ2n) is 4.20. The molecule has 0 unspecified atom stereocenters. The van der Waals surface area contributed by atoms with Crippen molar-refractivity contribution in [2.75, 3.05) is 0 Å². The van der Waals surface area contributed by atoms with Crippen molar-refractivity contribution in [1.29, 1.82) is 0 Å². The topological polar surface area (TPSA) is 17.8 Å². The molecule has 0 aliphatic heterocycles. The van der Waals surface area contributed by atoms with E-state index in [0.717, 1.165) is 12.1 Å². The first-order valence-electron chi connectivity index (χ1n) is 6.04. The van der Waals surface area contributed by atoms with Crippen molar-refractivity contribution >= 4 is 11.0 Å². The Kier molecular flexibility index (Phi) is 4.53. The van der Waals surface area contributed by atoms with E-state index in [0.29, 0.717) is 0 Å². The van der Waals surface area contributed by atoms with Crippen molar-refractivity contribution in [3.05, 3.63) is 29.6 Å². The monoisotopic (exact) mass is 218 g/mol. The summed E-state index contributed by atoms with van der Waals surface area (Å²) < 4.78 is 2.07. The second kappa shape index (κ2) is 5.69. The Morgan fingerprint density at radius 1 is 1.25 bits per heavy atom. The van der Waals surface area contributed by atoms with Gasteiger partial charge >= 0.3 is 0 Å². The fourth-order valence-electron chi connectivity index (χ4n) is 1.69. The molecule has 0 aromatic carbocycles. The van der Waals surface area contributed by atoms with Gasteiger partial charge in [0, 0.05) is 24.8 Å². The standard InChI is InChI=1S/C11H14N2.C3H8/c1-4-9-5-10-8(2)7-13(3)11(10)12-6-9;1-3-2/h5-7H,4H2,1-3H3;3H2,1-2H3. The maximum atomic E-state index is 4.44. The zero-order valence-corrected chi connectivity index (χ0v) is 11.0. The average Bonchev–Trinajstić information content (AvgIpc) is 2.55. The van der Waals surface area contributed by atoms with Gasteiger partial charge in [-0.2, -0.15) is 0 Å². The predicted octanol–water partition coefficient (Wildman–Crippen LogP) is 3.86. The molecular weight excluding hydrogens is 196 g/mol. The van der Waals surface area contributed by atoms with Gasteiger partial charge in [0.05, 0.1) is 0 Å². The van der Waals surface area contributed by atoms with Crippen molar-refractivity contribution in [3.63, 3.8) is 0 Å². The maximum absolute atomic E-state index is 4.44. The highest BCUT2D eigenvalue weighted by atomic mass is 15.0. The number of fused-ring (bicyclic) bond motifs is 1. The average molecular weight is 218 g/mol. The van der Waals surface area contributed by atoms with Crippen LogP contribution < -0.4 is 0 Å². The number of pyridine rings is 1. The molecule has 0 saturated carbocycles. The van der Waals surface area contributed by atoms with Crippen LogP contribution in [0.4, 0.5) is 0 Å². The maximum Gasteiger partial charge on any atom is 0.139 e. The largest absolute Gasteiger partial charge is 0.335 e. The van der Waals surface area contributed by atoms with E-state index in [-0.39, 0.29) is 0 Å². The van der Waals surface area contributed by atoms with Gasteiger partial charge in [0.1, 0.15) is 5.65 Å². The van der Waals surface area contributed by atoms with E-state index in [9.17, 15) is 0 Å². The van der Waals surface area contributed by atoms with Gasteiger partial charge in [0.25, 0.3) is 0 Å². The van der Waals surface area contributed by atoms with Gasteiger partial charge in [-0.3, -0.25) is 0 Å². The molecule has 0 N–H and O–H groups in total. The third-order valence-electron chi connectivity index (χ3n) is 2.48. The third-order valence-corrected chi connectivity index (χ3v) is 2.48. The molecule has 0 amide bonds. The Bertz CT molecular complexity index is 455. The van der Waals surface area contributed by atoms with Crippen LogP contribution in [0.1, 0.15) is 38.3 Å². The minimum absolute atomic E-state index is 1.05. The summed E-state index contributed by atoms with van der Waals surface area (Å²) in [5.41, 5.74) is 3.69. The van der Waals surface area contributed by atoms with Crippen LogP contribution in [-0.4, -0.2) is 9.55 Å². The lowest BCUT2D eigenvalue weighted by atomic mass is 10.1. The Labute approximate surface area is 98.3 Å². The fraction of sp³-hybridized carbons (Fsp3) is 0.500. The number of hydrogen-bond donors (Lipinski definition) is 0. The third kappa shape index (κ3) is 2.63. The first-order valence-corrected chi connectivity index (χ1v) is 6.04. The van der Waals surface area contributed by atoms with Crippen molar-refractivity contribution in [2.45, 2.75) is 40.5 Å². The summed E-state index contributed by atoms with van der Waals surface area (Å²) in [6.07, 6.45) is 6.39. The minimum atomic E-state index is 1.05. The van der Waals surface area contributed by atoms with Gasteiger partial charge in [0.2, 0.25) is 0 Å². The van der Waals surface area contributed by atoms with E-state index in [1.54, 1.807) is 0 Å². The van der Waals surface area contributed by atoms with Gasteiger partial charge < -0.3 is 4.57 Å². The molecule has 88 valence electrons. The van der Waals surface area contributed by atoms with Crippen LogP contribution in [0.5, 0.6) is 0 Å². The number of nitrogens with zero attached hydrogens (tertiary/aromatic N) is 2. The van der Waals surface area contributed by atoms with Crippen LogP contribution in [-0.2, 0) is 13.5 Å². The summed E-state index contributed by atoms with van der Waals surface area (Å²) >= 11 is 0. The van der Waals surface area contributed by atoms with E-state index in [1.165, 1.54) is 22.9 Å². The summed E-state index contributed by atoms with van der Waals surface area (Å²) in [5.74, 6) is 0. The number of aryl methyl sites for hydroxylation is 3. The Balaban J connectivity index is 0.000000386. The molecule has 2 rings (SSSR count). The minimum Gasteiger partial charge on any atom is -0.335 e. The molecule has 0 atom stereocenters. The van der Waals surface area contributed by atoms with Crippen molar-refractivity contribution in [1.82, 2.24) is 9.55 Å². The molecule has 2 nitrogen and oxygen atoms in total. The second-order valence-corrected chi connectivity index (χ2v) is 4.20. The molecule has 2 aromatic heterocycles. The van der Waals surface area contributed by atoms with Crippen LogP contribution in [0.2, 0.25) is 0 Å². The van der Waals surface area contributed by atoms with E-state index in [1.807, 2.05) is 13.2 Å². The van der Waals surface area contributed by atoms with Gasteiger partial charge in [0.15, 0.2) is 0 Å². The first-order chi connectivity index (χ1) is 7.63. The molecule has 0 aliphatic carbocycles. The highest BCUT2D eigenvalue weighted by molar-refractivity contribution is 5.80. The zero-order valence-electron chi connectivity index (χ0n) is 11.0. The Hall–Kier alpha value is -1.31. The number of rotatable bonds is 1.